The molecule has 1 heterocycles. The Labute approximate surface area is 110 Å². The highest BCUT2D eigenvalue weighted by Crippen LogP contribution is 2.18. The first-order valence-electron chi connectivity index (χ1n) is 6.00. The van der Waals surface area contributed by atoms with Crippen molar-refractivity contribution in [3.8, 4) is 0 Å². The van der Waals surface area contributed by atoms with Gasteiger partial charge in [-0.15, -0.1) is 0 Å². The van der Waals surface area contributed by atoms with E-state index in [1.54, 1.807) is 37.8 Å². The minimum absolute atomic E-state index is 0.222. The molecule has 2 amide bonds. The molecular formula is C13H16N2O4. The van der Waals surface area contributed by atoms with Crippen molar-refractivity contribution in [1.29, 1.82) is 0 Å². The highest BCUT2D eigenvalue weighted by atomic mass is 16.4. The predicted molar refractivity (Wildman–Crippen MR) is 67.4 cm³/mol. The Morgan fingerprint density at radius 3 is 2.89 bits per heavy atom. The van der Waals surface area contributed by atoms with Gasteiger partial charge in [-0.3, -0.25) is 4.79 Å². The zero-order chi connectivity index (χ0) is 13.8. The average molecular weight is 264 g/mol. The van der Waals surface area contributed by atoms with Gasteiger partial charge in [0, 0.05) is 12.6 Å². The van der Waals surface area contributed by atoms with Gasteiger partial charge in [0.2, 0.25) is 0 Å². The summed E-state index contributed by atoms with van der Waals surface area (Å²) in [5.74, 6) is -1.37. The van der Waals surface area contributed by atoms with Gasteiger partial charge in [0.1, 0.15) is 0 Å². The van der Waals surface area contributed by atoms with Crippen LogP contribution in [-0.2, 0) is 11.3 Å². The van der Waals surface area contributed by atoms with E-state index in [1.165, 1.54) is 4.90 Å². The summed E-state index contributed by atoms with van der Waals surface area (Å²) in [4.78, 5) is 24.2. The van der Waals surface area contributed by atoms with Gasteiger partial charge in [0.25, 0.3) is 0 Å². The van der Waals surface area contributed by atoms with Crippen molar-refractivity contribution in [2.24, 2.45) is 5.92 Å². The number of nitrogens with zero attached hydrogens (tertiary/aromatic N) is 1. The van der Waals surface area contributed by atoms with Crippen LogP contribution in [0.2, 0.25) is 0 Å². The second-order valence-electron chi connectivity index (χ2n) is 4.61. The molecule has 1 aliphatic rings. The molecule has 0 bridgehead atoms. The van der Waals surface area contributed by atoms with Crippen molar-refractivity contribution in [3.63, 3.8) is 0 Å². The molecule has 6 heteroatoms. The van der Waals surface area contributed by atoms with Crippen LogP contribution in [0.3, 0.4) is 0 Å². The Bertz CT molecular complexity index is 481. The topological polar surface area (TPSA) is 82.8 Å². The fourth-order valence-corrected chi connectivity index (χ4v) is 1.99. The molecule has 1 aromatic rings. The van der Waals surface area contributed by atoms with Crippen molar-refractivity contribution in [2.45, 2.75) is 19.0 Å². The number of carboxylic acid groups (broad SMARTS) is 1. The van der Waals surface area contributed by atoms with Crippen LogP contribution in [0.25, 0.3) is 0 Å². The number of rotatable bonds is 4. The van der Waals surface area contributed by atoms with Crippen LogP contribution in [0.5, 0.6) is 0 Å². The number of carboxylic acids is 1. The second-order valence-corrected chi connectivity index (χ2v) is 4.61. The summed E-state index contributed by atoms with van der Waals surface area (Å²) in [7, 11) is 1.68. The van der Waals surface area contributed by atoms with E-state index in [2.05, 4.69) is 5.32 Å². The molecule has 1 aromatic heterocycles. The lowest BCUT2D eigenvalue weighted by Gasteiger charge is -2.20. The SMILES string of the molecule is CN(Cc1ccoc1)C(=O)NC1C=CC(C(=O)O)C1. The first-order chi connectivity index (χ1) is 9.06. The van der Waals surface area contributed by atoms with Crippen molar-refractivity contribution in [1.82, 2.24) is 10.2 Å². The molecule has 1 aliphatic carbocycles. The summed E-state index contributed by atoms with van der Waals surface area (Å²) in [5.41, 5.74) is 0.906. The van der Waals surface area contributed by atoms with Crippen LogP contribution in [0.15, 0.2) is 35.2 Å². The minimum atomic E-state index is -0.861. The lowest BCUT2D eigenvalue weighted by molar-refractivity contribution is -0.140. The summed E-state index contributed by atoms with van der Waals surface area (Å²) < 4.78 is 4.93. The monoisotopic (exact) mass is 264 g/mol. The lowest BCUT2D eigenvalue weighted by atomic mass is 10.1. The summed E-state index contributed by atoms with van der Waals surface area (Å²) in [5, 5.41) is 11.6. The Morgan fingerprint density at radius 2 is 2.32 bits per heavy atom. The highest BCUT2D eigenvalue weighted by Gasteiger charge is 2.26. The van der Waals surface area contributed by atoms with E-state index < -0.39 is 11.9 Å². The fourth-order valence-electron chi connectivity index (χ4n) is 1.99. The van der Waals surface area contributed by atoms with Crippen LogP contribution >= 0.6 is 0 Å². The lowest BCUT2D eigenvalue weighted by Crippen LogP contribution is -2.41. The summed E-state index contributed by atoms with van der Waals surface area (Å²) in [6.45, 7) is 0.446. The molecule has 0 fully saturated rings. The summed E-state index contributed by atoms with van der Waals surface area (Å²) >= 11 is 0. The van der Waals surface area contributed by atoms with Gasteiger partial charge in [0.05, 0.1) is 31.0 Å². The molecule has 102 valence electrons. The van der Waals surface area contributed by atoms with Crippen molar-refractivity contribution < 1.29 is 19.1 Å². The first-order valence-corrected chi connectivity index (χ1v) is 6.00. The van der Waals surface area contributed by atoms with Gasteiger partial charge in [-0.2, -0.15) is 0 Å². The Kier molecular flexibility index (Phi) is 3.89. The number of furan rings is 1. The number of amides is 2. The molecule has 0 spiro atoms. The maximum Gasteiger partial charge on any atom is 0.317 e. The normalized spacial score (nSPS) is 21.3. The largest absolute Gasteiger partial charge is 0.481 e. The van der Waals surface area contributed by atoms with Crippen LogP contribution in [-0.4, -0.2) is 35.1 Å². The molecule has 2 atom stereocenters. The standard InChI is InChI=1S/C13H16N2O4/c1-15(7-9-4-5-19-8-9)13(18)14-11-3-2-10(6-11)12(16)17/h2-5,8,10-11H,6-7H2,1H3,(H,14,18)(H,16,17). The molecule has 0 saturated carbocycles. The molecule has 0 saturated heterocycles. The van der Waals surface area contributed by atoms with E-state index >= 15 is 0 Å². The Hall–Kier alpha value is -2.24. The van der Waals surface area contributed by atoms with Crippen molar-refractivity contribution in [3.05, 3.63) is 36.3 Å². The van der Waals surface area contributed by atoms with E-state index in [0.29, 0.717) is 13.0 Å². The molecule has 2 N–H and O–H groups in total. The number of hydrogen-bond acceptors (Lipinski definition) is 3. The van der Waals surface area contributed by atoms with E-state index in [1.807, 2.05) is 0 Å². The number of carbonyl (C=O) groups excluding carboxylic acids is 1. The van der Waals surface area contributed by atoms with Gasteiger partial charge in [-0.25, -0.2) is 4.79 Å². The molecule has 0 aliphatic heterocycles. The molecule has 2 unspecified atom stereocenters. The van der Waals surface area contributed by atoms with E-state index in [9.17, 15) is 9.59 Å². The van der Waals surface area contributed by atoms with Crippen LogP contribution in [0, 0.1) is 5.92 Å². The maximum atomic E-state index is 11.9. The van der Waals surface area contributed by atoms with Crippen LogP contribution < -0.4 is 5.32 Å². The van der Waals surface area contributed by atoms with Gasteiger partial charge in [-0.05, 0) is 12.5 Å². The van der Waals surface area contributed by atoms with Crippen LogP contribution in [0.1, 0.15) is 12.0 Å². The second kappa shape index (κ2) is 5.60. The van der Waals surface area contributed by atoms with E-state index in [4.69, 9.17) is 9.52 Å². The Balaban J connectivity index is 1.81. The quantitative estimate of drug-likeness (QED) is 0.806. The molecule has 0 aromatic carbocycles. The zero-order valence-electron chi connectivity index (χ0n) is 10.6. The molecule has 6 nitrogen and oxygen atoms in total. The molecule has 19 heavy (non-hydrogen) atoms. The smallest absolute Gasteiger partial charge is 0.317 e. The third-order valence-electron chi connectivity index (χ3n) is 3.06. The van der Waals surface area contributed by atoms with Gasteiger partial charge >= 0.3 is 12.0 Å². The minimum Gasteiger partial charge on any atom is -0.481 e. The van der Waals surface area contributed by atoms with Gasteiger partial charge in [-0.1, -0.05) is 12.2 Å². The van der Waals surface area contributed by atoms with Crippen molar-refractivity contribution in [2.75, 3.05) is 7.05 Å². The van der Waals surface area contributed by atoms with Gasteiger partial charge in [0.15, 0.2) is 0 Å². The number of nitrogens with one attached hydrogen (secondary N) is 1. The van der Waals surface area contributed by atoms with Crippen molar-refractivity contribution >= 4 is 12.0 Å². The third kappa shape index (κ3) is 3.37. The number of aliphatic carboxylic acids is 1. The number of hydrogen-bond donors (Lipinski definition) is 2. The molecular weight excluding hydrogens is 248 g/mol. The van der Waals surface area contributed by atoms with Gasteiger partial charge < -0.3 is 19.7 Å². The highest BCUT2D eigenvalue weighted by molar-refractivity contribution is 5.76. The fraction of sp³-hybridized carbons (Fsp3) is 0.385. The van der Waals surface area contributed by atoms with Crippen LogP contribution in [0.4, 0.5) is 4.79 Å². The molecule has 2 rings (SSSR count). The van der Waals surface area contributed by atoms with E-state index in [0.717, 1.165) is 5.56 Å². The summed E-state index contributed by atoms with van der Waals surface area (Å²) in [6, 6.07) is 1.34. The Morgan fingerprint density at radius 1 is 1.53 bits per heavy atom. The van der Waals surface area contributed by atoms with E-state index in [-0.39, 0.29) is 12.1 Å². The number of urea groups is 1. The third-order valence-corrected chi connectivity index (χ3v) is 3.06. The number of carbonyl (C=O) groups is 2. The first kappa shape index (κ1) is 13.2. The maximum absolute atomic E-state index is 11.9. The zero-order valence-corrected chi connectivity index (χ0v) is 10.6. The average Bonchev–Trinajstić information content (AvgIpc) is 2.99. The molecule has 0 radical (unpaired) electrons. The predicted octanol–water partition coefficient (Wildman–Crippen LogP) is 1.45. The summed E-state index contributed by atoms with van der Waals surface area (Å²) in [6.07, 6.45) is 6.88.